The summed E-state index contributed by atoms with van der Waals surface area (Å²) in [4.78, 5) is 12.9. The SMILES string of the molecule is C=CC(=O)N(CCC)CCC.CCCc1ccc(C)cc1. The lowest BCUT2D eigenvalue weighted by Crippen LogP contribution is -2.30. The van der Waals surface area contributed by atoms with Gasteiger partial charge in [-0.3, -0.25) is 4.79 Å². The summed E-state index contributed by atoms with van der Waals surface area (Å²) < 4.78 is 0. The van der Waals surface area contributed by atoms with Crippen LogP contribution in [0.4, 0.5) is 0 Å². The zero-order valence-corrected chi connectivity index (χ0v) is 14.2. The highest BCUT2D eigenvalue weighted by atomic mass is 16.2. The summed E-state index contributed by atoms with van der Waals surface area (Å²) in [7, 11) is 0. The Hall–Kier alpha value is -1.57. The van der Waals surface area contributed by atoms with Gasteiger partial charge >= 0.3 is 0 Å². The first kappa shape index (κ1) is 19.4. The topological polar surface area (TPSA) is 20.3 Å². The molecule has 0 fully saturated rings. The molecule has 0 saturated heterocycles. The lowest BCUT2D eigenvalue weighted by molar-refractivity contribution is -0.126. The second kappa shape index (κ2) is 12.2. The Kier molecular flexibility index (Phi) is 11.3. The minimum Gasteiger partial charge on any atom is -0.339 e. The molecule has 0 radical (unpaired) electrons. The molecular formula is C19H31NO. The average molecular weight is 289 g/mol. The molecule has 0 spiro atoms. The van der Waals surface area contributed by atoms with Crippen molar-refractivity contribution < 1.29 is 4.79 Å². The van der Waals surface area contributed by atoms with E-state index in [1.165, 1.54) is 30.0 Å². The largest absolute Gasteiger partial charge is 0.339 e. The molecule has 2 nitrogen and oxygen atoms in total. The van der Waals surface area contributed by atoms with Crippen LogP contribution >= 0.6 is 0 Å². The molecule has 0 aliphatic rings. The maximum Gasteiger partial charge on any atom is 0.245 e. The number of benzene rings is 1. The molecular weight excluding hydrogens is 258 g/mol. The van der Waals surface area contributed by atoms with Crippen LogP contribution in [0.1, 0.15) is 51.2 Å². The Morgan fingerprint density at radius 3 is 1.95 bits per heavy atom. The third-order valence-electron chi connectivity index (χ3n) is 3.13. The number of rotatable bonds is 7. The third kappa shape index (κ3) is 9.06. The van der Waals surface area contributed by atoms with E-state index in [2.05, 4.69) is 58.5 Å². The molecule has 1 aromatic carbocycles. The first-order valence-corrected chi connectivity index (χ1v) is 8.05. The van der Waals surface area contributed by atoms with Crippen molar-refractivity contribution in [1.82, 2.24) is 4.90 Å². The van der Waals surface area contributed by atoms with Gasteiger partial charge in [0.1, 0.15) is 0 Å². The van der Waals surface area contributed by atoms with Crippen molar-refractivity contribution in [2.45, 2.75) is 53.4 Å². The first-order valence-electron chi connectivity index (χ1n) is 8.05. The van der Waals surface area contributed by atoms with E-state index in [9.17, 15) is 4.79 Å². The molecule has 0 aliphatic heterocycles. The highest BCUT2D eigenvalue weighted by molar-refractivity contribution is 5.86. The highest BCUT2D eigenvalue weighted by Gasteiger charge is 2.05. The maximum atomic E-state index is 11.1. The van der Waals surface area contributed by atoms with Gasteiger partial charge in [0.25, 0.3) is 0 Å². The molecule has 0 unspecified atom stereocenters. The molecule has 1 rings (SSSR count). The van der Waals surface area contributed by atoms with Gasteiger partial charge in [0.05, 0.1) is 0 Å². The van der Waals surface area contributed by atoms with Gasteiger partial charge in [-0.25, -0.2) is 0 Å². The van der Waals surface area contributed by atoms with E-state index < -0.39 is 0 Å². The van der Waals surface area contributed by atoms with Crippen molar-refractivity contribution in [2.75, 3.05) is 13.1 Å². The van der Waals surface area contributed by atoms with Gasteiger partial charge < -0.3 is 4.90 Å². The summed E-state index contributed by atoms with van der Waals surface area (Å²) in [5.41, 5.74) is 2.80. The van der Waals surface area contributed by atoms with Crippen molar-refractivity contribution >= 4 is 5.91 Å². The minimum atomic E-state index is 0.0497. The molecule has 0 aliphatic carbocycles. The Balaban J connectivity index is 0.000000382. The second-order valence-corrected chi connectivity index (χ2v) is 5.27. The van der Waals surface area contributed by atoms with E-state index in [1.807, 2.05) is 4.90 Å². The van der Waals surface area contributed by atoms with Crippen molar-refractivity contribution in [2.24, 2.45) is 0 Å². The molecule has 0 atom stereocenters. The predicted molar refractivity (Wildman–Crippen MR) is 92.5 cm³/mol. The fourth-order valence-corrected chi connectivity index (χ4v) is 2.04. The summed E-state index contributed by atoms with van der Waals surface area (Å²) in [6.45, 7) is 13.6. The van der Waals surface area contributed by atoms with Crippen molar-refractivity contribution in [3.63, 3.8) is 0 Å². The van der Waals surface area contributed by atoms with Gasteiger partial charge in [-0.05, 0) is 37.8 Å². The van der Waals surface area contributed by atoms with E-state index in [0.717, 1.165) is 25.9 Å². The zero-order valence-electron chi connectivity index (χ0n) is 14.2. The van der Waals surface area contributed by atoms with Gasteiger partial charge in [0, 0.05) is 13.1 Å². The Morgan fingerprint density at radius 1 is 1.05 bits per heavy atom. The highest BCUT2D eigenvalue weighted by Crippen LogP contribution is 2.04. The summed E-state index contributed by atoms with van der Waals surface area (Å²) in [6.07, 6.45) is 5.85. The van der Waals surface area contributed by atoms with Crippen molar-refractivity contribution in [3.05, 3.63) is 48.0 Å². The van der Waals surface area contributed by atoms with Crippen molar-refractivity contribution in [1.29, 1.82) is 0 Å². The molecule has 118 valence electrons. The summed E-state index contributed by atoms with van der Waals surface area (Å²) in [5, 5.41) is 0. The fraction of sp³-hybridized carbons (Fsp3) is 0.526. The van der Waals surface area contributed by atoms with Crippen LogP contribution in [-0.4, -0.2) is 23.9 Å². The van der Waals surface area contributed by atoms with E-state index >= 15 is 0 Å². The molecule has 0 aromatic heterocycles. The quantitative estimate of drug-likeness (QED) is 0.662. The third-order valence-corrected chi connectivity index (χ3v) is 3.13. The molecule has 0 bridgehead atoms. The standard InChI is InChI=1S/C10H14.C9H17NO/c1-3-4-10-7-5-9(2)6-8-10;1-4-7-10(8-5-2)9(11)6-3/h5-8H,3-4H2,1-2H3;6H,3-5,7-8H2,1-2H3. The van der Waals surface area contributed by atoms with Gasteiger partial charge in [-0.1, -0.05) is 63.6 Å². The monoisotopic (exact) mass is 289 g/mol. The number of hydrogen-bond acceptors (Lipinski definition) is 1. The zero-order chi connectivity index (χ0) is 16.1. The molecule has 21 heavy (non-hydrogen) atoms. The van der Waals surface area contributed by atoms with Crippen LogP contribution in [0, 0.1) is 6.92 Å². The van der Waals surface area contributed by atoms with Gasteiger partial charge in [0.2, 0.25) is 5.91 Å². The second-order valence-electron chi connectivity index (χ2n) is 5.27. The molecule has 2 heteroatoms. The maximum absolute atomic E-state index is 11.1. The van der Waals surface area contributed by atoms with E-state index in [1.54, 1.807) is 0 Å². The lowest BCUT2D eigenvalue weighted by atomic mass is 10.1. The summed E-state index contributed by atoms with van der Waals surface area (Å²) in [5.74, 6) is 0.0497. The minimum absolute atomic E-state index is 0.0497. The average Bonchev–Trinajstić information content (AvgIpc) is 2.49. The lowest BCUT2D eigenvalue weighted by Gasteiger charge is -2.18. The van der Waals surface area contributed by atoms with Crippen LogP contribution in [0.2, 0.25) is 0 Å². The number of carbonyl (C=O) groups is 1. The molecule has 1 amide bonds. The summed E-state index contributed by atoms with van der Waals surface area (Å²) >= 11 is 0. The predicted octanol–water partition coefficient (Wildman–Crippen LogP) is 4.77. The van der Waals surface area contributed by atoms with Gasteiger partial charge in [-0.2, -0.15) is 0 Å². The molecule has 0 saturated carbocycles. The van der Waals surface area contributed by atoms with E-state index in [-0.39, 0.29) is 5.91 Å². The molecule has 0 heterocycles. The van der Waals surface area contributed by atoms with Crippen molar-refractivity contribution in [3.8, 4) is 0 Å². The normalized spacial score (nSPS) is 9.52. The Bertz CT molecular complexity index is 389. The Labute approximate surface area is 130 Å². The van der Waals surface area contributed by atoms with Crippen LogP contribution in [0.3, 0.4) is 0 Å². The number of hydrogen-bond donors (Lipinski definition) is 0. The van der Waals surface area contributed by atoms with Crippen LogP contribution in [0.15, 0.2) is 36.9 Å². The summed E-state index contributed by atoms with van der Waals surface area (Å²) in [6, 6.07) is 8.76. The van der Waals surface area contributed by atoms with Crippen LogP contribution < -0.4 is 0 Å². The van der Waals surface area contributed by atoms with Crippen LogP contribution in [-0.2, 0) is 11.2 Å². The van der Waals surface area contributed by atoms with Crippen LogP contribution in [0.25, 0.3) is 0 Å². The molecule has 1 aromatic rings. The van der Waals surface area contributed by atoms with Gasteiger partial charge in [0.15, 0.2) is 0 Å². The van der Waals surface area contributed by atoms with E-state index in [4.69, 9.17) is 0 Å². The number of nitrogens with zero attached hydrogens (tertiary/aromatic N) is 1. The Morgan fingerprint density at radius 2 is 1.57 bits per heavy atom. The number of aryl methyl sites for hydroxylation is 2. The smallest absolute Gasteiger partial charge is 0.245 e. The van der Waals surface area contributed by atoms with Gasteiger partial charge in [-0.15, -0.1) is 0 Å². The number of carbonyl (C=O) groups excluding carboxylic acids is 1. The van der Waals surface area contributed by atoms with Crippen LogP contribution in [0.5, 0.6) is 0 Å². The fourth-order valence-electron chi connectivity index (χ4n) is 2.04. The van der Waals surface area contributed by atoms with E-state index in [0.29, 0.717) is 0 Å². The number of amides is 1. The first-order chi connectivity index (χ1) is 10.1. The molecule has 0 N–H and O–H groups in total.